The molecule has 0 radical (unpaired) electrons. The van der Waals surface area contributed by atoms with Gasteiger partial charge in [-0.15, -0.1) is 0 Å². The van der Waals surface area contributed by atoms with Crippen molar-refractivity contribution in [3.63, 3.8) is 0 Å². The molecule has 3 saturated carbocycles. The van der Waals surface area contributed by atoms with E-state index in [1.54, 1.807) is 12.4 Å². The average molecular weight is 313 g/mol. The molecular weight excluding hydrogens is 294 g/mol. The molecule has 2 bridgehead atoms. The lowest BCUT2D eigenvalue weighted by atomic mass is 9.36. The van der Waals surface area contributed by atoms with Crippen molar-refractivity contribution in [3.05, 3.63) is 30.6 Å². The minimum absolute atomic E-state index is 0.0563. The smallest absolute Gasteiger partial charge is 0.174 e. The summed E-state index contributed by atoms with van der Waals surface area (Å²) in [6, 6.07) is 5.86. The lowest BCUT2D eigenvalue weighted by Crippen LogP contribution is -2.65. The van der Waals surface area contributed by atoms with Gasteiger partial charge in [-0.2, -0.15) is 5.10 Å². The fourth-order valence-corrected chi connectivity index (χ4v) is 4.34. The molecule has 0 spiro atoms. The van der Waals surface area contributed by atoms with Crippen molar-refractivity contribution in [1.29, 1.82) is 0 Å². The average Bonchev–Trinajstić information content (AvgIpc) is 3.23. The van der Waals surface area contributed by atoms with E-state index in [1.807, 2.05) is 22.9 Å². The number of aliphatic hydroxyl groups excluding tert-OH is 1. The number of hydrogen-bond acceptors (Lipinski definition) is 5. The maximum Gasteiger partial charge on any atom is 0.174 e. The van der Waals surface area contributed by atoms with E-state index >= 15 is 0 Å². The van der Waals surface area contributed by atoms with Gasteiger partial charge in [-0.25, -0.2) is 4.68 Å². The third-order valence-corrected chi connectivity index (χ3v) is 5.39. The largest absolute Gasteiger partial charge is 0.491 e. The first-order chi connectivity index (χ1) is 11.2. The quantitative estimate of drug-likeness (QED) is 0.826. The summed E-state index contributed by atoms with van der Waals surface area (Å²) in [5, 5.41) is 13.6. The molecule has 3 heterocycles. The van der Waals surface area contributed by atoms with Gasteiger partial charge in [-0.1, -0.05) is 0 Å². The first-order valence-corrected chi connectivity index (χ1v) is 8.06. The predicted octanol–water partition coefficient (Wildman–Crippen LogP) is 2.02. The van der Waals surface area contributed by atoms with Gasteiger partial charge in [0.1, 0.15) is 5.75 Å². The highest BCUT2D eigenvalue weighted by Crippen LogP contribution is 2.72. The van der Waals surface area contributed by atoms with Crippen LogP contribution in [0.3, 0.4) is 0 Å². The zero-order valence-electron chi connectivity index (χ0n) is 12.8. The first kappa shape index (κ1) is 13.5. The van der Waals surface area contributed by atoms with Crippen LogP contribution in [-0.4, -0.2) is 39.7 Å². The standard InChI is InChI=1S/C17H19N3O3/c21-10-16-7-17(8-16,9-16)11-23-12-1-2-13(18-5-12)14-3-4-19-20(14)15-6-22-15/h1-5,15,21H,6-11H2. The third-order valence-electron chi connectivity index (χ3n) is 5.39. The Morgan fingerprint density at radius 1 is 1.26 bits per heavy atom. The molecule has 1 unspecified atom stereocenters. The molecule has 1 atom stereocenters. The van der Waals surface area contributed by atoms with E-state index in [0.717, 1.165) is 43.0 Å². The maximum atomic E-state index is 9.30. The summed E-state index contributed by atoms with van der Waals surface area (Å²) < 4.78 is 13.1. The van der Waals surface area contributed by atoms with E-state index in [1.165, 1.54) is 0 Å². The van der Waals surface area contributed by atoms with E-state index < -0.39 is 0 Å². The van der Waals surface area contributed by atoms with Crippen molar-refractivity contribution < 1.29 is 14.6 Å². The van der Waals surface area contributed by atoms with Crippen LogP contribution < -0.4 is 4.74 Å². The monoisotopic (exact) mass is 313 g/mol. The summed E-state index contributed by atoms with van der Waals surface area (Å²) in [5.74, 6) is 0.797. The highest BCUT2D eigenvalue weighted by atomic mass is 16.6. The number of rotatable bonds is 6. The van der Waals surface area contributed by atoms with Gasteiger partial charge in [0.05, 0.1) is 30.8 Å². The van der Waals surface area contributed by atoms with Crippen molar-refractivity contribution in [3.8, 4) is 17.1 Å². The number of nitrogens with zero attached hydrogens (tertiary/aromatic N) is 3. The van der Waals surface area contributed by atoms with Gasteiger partial charge in [-0.3, -0.25) is 4.98 Å². The Bertz CT molecular complexity index is 716. The molecule has 1 N–H and O–H groups in total. The SMILES string of the molecule is OCC12CC(COc3ccc(-c4ccnn4C4CO4)nc3)(C1)C2. The van der Waals surface area contributed by atoms with Gasteiger partial charge in [0.25, 0.3) is 0 Å². The Morgan fingerprint density at radius 2 is 2.09 bits per heavy atom. The van der Waals surface area contributed by atoms with E-state index in [0.29, 0.717) is 18.6 Å². The molecule has 6 heteroatoms. The number of pyridine rings is 1. The van der Waals surface area contributed by atoms with Crippen LogP contribution in [0.1, 0.15) is 25.5 Å². The van der Waals surface area contributed by atoms with Crippen LogP contribution in [0.5, 0.6) is 5.75 Å². The Hall–Kier alpha value is -1.92. The Balaban J connectivity index is 1.24. The minimum atomic E-state index is 0.0563. The topological polar surface area (TPSA) is 72.7 Å². The minimum Gasteiger partial charge on any atom is -0.491 e. The van der Waals surface area contributed by atoms with Gasteiger partial charge in [0.2, 0.25) is 0 Å². The van der Waals surface area contributed by atoms with E-state index in [4.69, 9.17) is 9.47 Å². The van der Waals surface area contributed by atoms with Gasteiger partial charge >= 0.3 is 0 Å². The van der Waals surface area contributed by atoms with Crippen LogP contribution in [0.25, 0.3) is 11.4 Å². The number of ether oxygens (including phenoxy) is 2. The summed E-state index contributed by atoms with van der Waals surface area (Å²) in [6.07, 6.45) is 6.89. The molecule has 23 heavy (non-hydrogen) atoms. The van der Waals surface area contributed by atoms with Crippen LogP contribution in [0, 0.1) is 10.8 Å². The summed E-state index contributed by atoms with van der Waals surface area (Å²) in [6.45, 7) is 1.76. The molecule has 4 aliphatic rings. The molecule has 2 aromatic rings. The van der Waals surface area contributed by atoms with Crippen LogP contribution >= 0.6 is 0 Å². The summed E-state index contributed by atoms with van der Waals surface area (Å²) in [5.41, 5.74) is 2.37. The second-order valence-electron chi connectivity index (χ2n) is 7.31. The van der Waals surface area contributed by atoms with Gasteiger partial charge in [0, 0.05) is 18.2 Å². The normalized spacial score (nSPS) is 33.7. The van der Waals surface area contributed by atoms with E-state index in [2.05, 4.69) is 10.1 Å². The lowest BCUT2D eigenvalue weighted by Gasteiger charge is -2.69. The second kappa shape index (κ2) is 4.55. The maximum absolute atomic E-state index is 9.30. The highest BCUT2D eigenvalue weighted by Gasteiger charge is 2.67. The molecule has 4 fully saturated rings. The molecule has 0 aromatic carbocycles. The molecule has 6 rings (SSSR count). The molecule has 3 aliphatic carbocycles. The zero-order chi connectivity index (χ0) is 15.5. The number of aliphatic hydroxyl groups is 1. The first-order valence-electron chi connectivity index (χ1n) is 8.06. The van der Waals surface area contributed by atoms with Gasteiger partial charge in [0.15, 0.2) is 6.23 Å². The Kier molecular flexibility index (Phi) is 2.67. The fourth-order valence-electron chi connectivity index (χ4n) is 4.34. The third kappa shape index (κ3) is 2.09. The number of epoxide rings is 1. The van der Waals surface area contributed by atoms with Crippen molar-refractivity contribution in [1.82, 2.24) is 14.8 Å². The van der Waals surface area contributed by atoms with Crippen LogP contribution in [0.15, 0.2) is 30.6 Å². The molecule has 1 saturated heterocycles. The van der Waals surface area contributed by atoms with Crippen molar-refractivity contribution in [2.75, 3.05) is 19.8 Å². The Morgan fingerprint density at radius 3 is 2.74 bits per heavy atom. The van der Waals surface area contributed by atoms with Gasteiger partial charge in [-0.05, 0) is 42.9 Å². The number of hydrogen-bond donors (Lipinski definition) is 1. The van der Waals surface area contributed by atoms with Crippen LogP contribution in [-0.2, 0) is 4.74 Å². The Labute approximate surface area is 134 Å². The molecule has 6 nitrogen and oxygen atoms in total. The van der Waals surface area contributed by atoms with Gasteiger partial charge < -0.3 is 14.6 Å². The molecular formula is C17H19N3O3. The summed E-state index contributed by atoms with van der Waals surface area (Å²) in [7, 11) is 0. The fraction of sp³-hybridized carbons (Fsp3) is 0.529. The molecule has 1 aliphatic heterocycles. The molecule has 120 valence electrons. The lowest BCUT2D eigenvalue weighted by molar-refractivity contribution is -0.235. The summed E-state index contributed by atoms with van der Waals surface area (Å²) >= 11 is 0. The zero-order valence-corrected chi connectivity index (χ0v) is 12.8. The van der Waals surface area contributed by atoms with Crippen molar-refractivity contribution in [2.24, 2.45) is 10.8 Å². The second-order valence-corrected chi connectivity index (χ2v) is 7.31. The van der Waals surface area contributed by atoms with Crippen molar-refractivity contribution >= 4 is 0 Å². The molecule has 2 aromatic heterocycles. The van der Waals surface area contributed by atoms with Crippen molar-refractivity contribution in [2.45, 2.75) is 25.5 Å². The van der Waals surface area contributed by atoms with Crippen LogP contribution in [0.2, 0.25) is 0 Å². The van der Waals surface area contributed by atoms with E-state index in [-0.39, 0.29) is 11.6 Å². The van der Waals surface area contributed by atoms with Crippen LogP contribution in [0.4, 0.5) is 0 Å². The molecule has 0 amide bonds. The predicted molar refractivity (Wildman–Crippen MR) is 81.7 cm³/mol. The summed E-state index contributed by atoms with van der Waals surface area (Å²) in [4.78, 5) is 4.50. The van der Waals surface area contributed by atoms with E-state index in [9.17, 15) is 5.11 Å². The highest BCUT2D eigenvalue weighted by molar-refractivity contribution is 5.54. The number of aromatic nitrogens is 3.